The van der Waals surface area contributed by atoms with Crippen molar-refractivity contribution in [2.24, 2.45) is 11.1 Å². The Morgan fingerprint density at radius 3 is 2.45 bits per heavy atom. The Labute approximate surface area is 68.6 Å². The van der Waals surface area contributed by atoms with Crippen molar-refractivity contribution in [2.75, 3.05) is 6.61 Å². The van der Waals surface area contributed by atoms with E-state index in [-0.39, 0.29) is 0 Å². The van der Waals surface area contributed by atoms with E-state index in [2.05, 4.69) is 19.0 Å². The van der Waals surface area contributed by atoms with Gasteiger partial charge in [-0.3, -0.25) is 0 Å². The zero-order chi connectivity index (χ0) is 8.10. The van der Waals surface area contributed by atoms with Crippen molar-refractivity contribution in [2.45, 2.75) is 39.5 Å². The Kier molecular flexibility index (Phi) is 3.40. The van der Waals surface area contributed by atoms with Crippen molar-refractivity contribution in [1.29, 1.82) is 0 Å². The van der Waals surface area contributed by atoms with Crippen LogP contribution in [0.3, 0.4) is 0 Å². The first-order valence-electron chi connectivity index (χ1n) is 4.54. The number of oxime groups is 1. The Bertz CT molecular complexity index is 132. The van der Waals surface area contributed by atoms with E-state index in [0.29, 0.717) is 0 Å². The normalized spacial score (nSPS) is 16.2. The molecular formula is C9H17NO. The fourth-order valence-electron chi connectivity index (χ4n) is 0.898. The molecule has 2 heteroatoms. The number of nitrogens with zero attached hydrogens (tertiary/aromatic N) is 1. The second kappa shape index (κ2) is 4.37. The van der Waals surface area contributed by atoms with Gasteiger partial charge in [-0.05, 0) is 31.6 Å². The lowest BCUT2D eigenvalue weighted by Crippen LogP contribution is -1.97. The van der Waals surface area contributed by atoms with E-state index < -0.39 is 0 Å². The van der Waals surface area contributed by atoms with Gasteiger partial charge < -0.3 is 4.84 Å². The molecule has 0 heterocycles. The molecule has 0 bridgehead atoms. The predicted molar refractivity (Wildman–Crippen MR) is 46.7 cm³/mol. The van der Waals surface area contributed by atoms with Crippen molar-refractivity contribution in [3.8, 4) is 0 Å². The predicted octanol–water partition coefficient (Wildman–Crippen LogP) is 2.59. The molecule has 1 aliphatic carbocycles. The number of hydrogen-bond acceptors (Lipinski definition) is 2. The van der Waals surface area contributed by atoms with E-state index in [0.717, 1.165) is 25.4 Å². The van der Waals surface area contributed by atoms with Gasteiger partial charge >= 0.3 is 0 Å². The summed E-state index contributed by atoms with van der Waals surface area (Å²) in [5.41, 5.74) is 1.17. The molecule has 1 saturated carbocycles. The van der Waals surface area contributed by atoms with E-state index >= 15 is 0 Å². The van der Waals surface area contributed by atoms with Crippen LogP contribution in [0.5, 0.6) is 0 Å². The minimum atomic E-state index is 0.814. The summed E-state index contributed by atoms with van der Waals surface area (Å²) in [6.45, 7) is 5.06. The maximum Gasteiger partial charge on any atom is 0.120 e. The topological polar surface area (TPSA) is 21.6 Å². The highest BCUT2D eigenvalue weighted by Crippen LogP contribution is 2.28. The highest BCUT2D eigenvalue weighted by molar-refractivity contribution is 5.83. The largest absolute Gasteiger partial charge is 0.396 e. The quantitative estimate of drug-likeness (QED) is 0.441. The summed E-state index contributed by atoms with van der Waals surface area (Å²) in [6.07, 6.45) is 4.70. The molecule has 0 aromatic carbocycles. The van der Waals surface area contributed by atoms with Gasteiger partial charge in [-0.25, -0.2) is 0 Å². The average Bonchev–Trinajstić information content (AvgIpc) is 2.82. The third-order valence-corrected chi connectivity index (χ3v) is 2.02. The first-order chi connectivity index (χ1) is 5.36. The molecule has 0 spiro atoms. The van der Waals surface area contributed by atoms with Crippen molar-refractivity contribution in [3.63, 3.8) is 0 Å². The van der Waals surface area contributed by atoms with Crippen molar-refractivity contribution in [3.05, 3.63) is 0 Å². The van der Waals surface area contributed by atoms with Crippen LogP contribution in [0.15, 0.2) is 5.16 Å². The van der Waals surface area contributed by atoms with Crippen molar-refractivity contribution in [1.82, 2.24) is 0 Å². The third kappa shape index (κ3) is 3.40. The zero-order valence-electron chi connectivity index (χ0n) is 7.47. The molecule has 2 nitrogen and oxygen atoms in total. The number of rotatable bonds is 5. The van der Waals surface area contributed by atoms with Gasteiger partial charge in [0.2, 0.25) is 0 Å². The van der Waals surface area contributed by atoms with Crippen LogP contribution in [0.2, 0.25) is 0 Å². The second-order valence-electron chi connectivity index (χ2n) is 3.10. The molecular weight excluding hydrogens is 138 g/mol. The van der Waals surface area contributed by atoms with Crippen LogP contribution < -0.4 is 0 Å². The van der Waals surface area contributed by atoms with E-state index in [1.807, 2.05) is 0 Å². The first kappa shape index (κ1) is 8.57. The maximum absolute atomic E-state index is 5.19. The average molecular weight is 155 g/mol. The van der Waals surface area contributed by atoms with Gasteiger partial charge in [-0.1, -0.05) is 19.0 Å². The lowest BCUT2D eigenvalue weighted by atomic mass is 10.2. The fraction of sp³-hybridized carbons (Fsp3) is 0.889. The molecule has 0 aromatic rings. The van der Waals surface area contributed by atoms with E-state index in [4.69, 9.17) is 4.84 Å². The van der Waals surface area contributed by atoms with E-state index in [1.165, 1.54) is 18.6 Å². The van der Waals surface area contributed by atoms with Crippen molar-refractivity contribution >= 4 is 5.71 Å². The molecule has 1 rings (SSSR count). The Balaban J connectivity index is 2.08. The molecule has 64 valence electrons. The molecule has 0 aromatic heterocycles. The summed E-state index contributed by atoms with van der Waals surface area (Å²) in [5.74, 6) is 0.814. The minimum absolute atomic E-state index is 0.814. The lowest BCUT2D eigenvalue weighted by molar-refractivity contribution is 0.133. The van der Waals surface area contributed by atoms with Gasteiger partial charge in [0.25, 0.3) is 0 Å². The third-order valence-electron chi connectivity index (χ3n) is 2.02. The smallest absolute Gasteiger partial charge is 0.120 e. The highest BCUT2D eigenvalue weighted by atomic mass is 16.6. The molecule has 0 unspecified atom stereocenters. The van der Waals surface area contributed by atoms with Crippen LogP contribution in [0, 0.1) is 5.92 Å². The Hall–Kier alpha value is -0.530. The summed E-state index contributed by atoms with van der Waals surface area (Å²) in [5, 5.41) is 4.06. The molecule has 11 heavy (non-hydrogen) atoms. The minimum Gasteiger partial charge on any atom is -0.396 e. The highest BCUT2D eigenvalue weighted by Gasteiger charge is 2.21. The van der Waals surface area contributed by atoms with Gasteiger partial charge in [0.05, 0.1) is 5.71 Å². The molecule has 0 amide bonds. The summed E-state index contributed by atoms with van der Waals surface area (Å²) in [7, 11) is 0. The van der Waals surface area contributed by atoms with E-state index in [1.54, 1.807) is 0 Å². The molecule has 0 atom stereocenters. The van der Waals surface area contributed by atoms with Crippen LogP contribution in [-0.2, 0) is 4.84 Å². The van der Waals surface area contributed by atoms with Crippen LogP contribution in [0.1, 0.15) is 39.5 Å². The fourth-order valence-corrected chi connectivity index (χ4v) is 0.898. The second-order valence-corrected chi connectivity index (χ2v) is 3.10. The lowest BCUT2D eigenvalue weighted by Gasteiger charge is -1.99. The summed E-state index contributed by atoms with van der Waals surface area (Å²) >= 11 is 0. The monoisotopic (exact) mass is 155 g/mol. The van der Waals surface area contributed by atoms with Gasteiger partial charge in [0.15, 0.2) is 0 Å². The molecule has 1 aliphatic rings. The van der Waals surface area contributed by atoms with Gasteiger partial charge in [0.1, 0.15) is 6.61 Å². The number of hydrogen-bond donors (Lipinski definition) is 0. The zero-order valence-corrected chi connectivity index (χ0v) is 7.47. The molecule has 0 N–H and O–H groups in total. The van der Waals surface area contributed by atoms with Crippen LogP contribution in [0.4, 0.5) is 0 Å². The summed E-state index contributed by atoms with van der Waals surface area (Å²) < 4.78 is 0. The standard InChI is InChI=1S/C9H17NO/c1-3-9(4-2)10-11-7-8-5-6-8/h8H,3-7H2,1-2H3. The van der Waals surface area contributed by atoms with Gasteiger partial charge in [-0.2, -0.15) is 0 Å². The van der Waals surface area contributed by atoms with Crippen molar-refractivity contribution < 1.29 is 4.84 Å². The van der Waals surface area contributed by atoms with Crippen LogP contribution in [-0.4, -0.2) is 12.3 Å². The molecule has 0 radical (unpaired) electrons. The first-order valence-corrected chi connectivity index (χ1v) is 4.54. The maximum atomic E-state index is 5.19. The van der Waals surface area contributed by atoms with E-state index in [9.17, 15) is 0 Å². The van der Waals surface area contributed by atoms with Crippen LogP contribution in [0.25, 0.3) is 0 Å². The SMILES string of the molecule is CCC(CC)=NOCC1CC1. The Morgan fingerprint density at radius 2 is 2.00 bits per heavy atom. The van der Waals surface area contributed by atoms with Crippen LogP contribution >= 0.6 is 0 Å². The Morgan fingerprint density at radius 1 is 1.36 bits per heavy atom. The molecule has 1 fully saturated rings. The van der Waals surface area contributed by atoms with Gasteiger partial charge in [0, 0.05) is 0 Å². The molecule has 0 saturated heterocycles. The summed E-state index contributed by atoms with van der Waals surface area (Å²) in [6, 6.07) is 0. The summed E-state index contributed by atoms with van der Waals surface area (Å²) in [4.78, 5) is 5.19. The molecule has 0 aliphatic heterocycles. The van der Waals surface area contributed by atoms with Gasteiger partial charge in [-0.15, -0.1) is 0 Å².